The highest BCUT2D eigenvalue weighted by atomic mass is 32.1. The summed E-state index contributed by atoms with van der Waals surface area (Å²) in [7, 11) is 0. The van der Waals surface area contributed by atoms with Gasteiger partial charge in [-0.05, 0) is 30.7 Å². The summed E-state index contributed by atoms with van der Waals surface area (Å²) >= 11 is 1.39. The average molecular weight is 367 g/mol. The molecule has 0 spiro atoms. The van der Waals surface area contributed by atoms with E-state index in [4.69, 9.17) is 4.74 Å². The smallest absolute Gasteiger partial charge is 0.325 e. The van der Waals surface area contributed by atoms with Crippen molar-refractivity contribution in [1.29, 1.82) is 0 Å². The highest BCUT2D eigenvalue weighted by Crippen LogP contribution is 2.31. The molecule has 1 atom stereocenters. The van der Waals surface area contributed by atoms with E-state index >= 15 is 0 Å². The Morgan fingerprint density at radius 2 is 2.16 bits per heavy atom. The number of hydrogen-bond acceptors (Lipinski definition) is 5. The van der Waals surface area contributed by atoms with Crippen LogP contribution in [-0.2, 0) is 19.9 Å². The Morgan fingerprint density at radius 3 is 2.80 bits per heavy atom. The van der Waals surface area contributed by atoms with Gasteiger partial charge in [0, 0.05) is 18.0 Å². The van der Waals surface area contributed by atoms with Gasteiger partial charge in [-0.2, -0.15) is 0 Å². The number of amides is 4. The number of urea groups is 1. The van der Waals surface area contributed by atoms with Crippen molar-refractivity contribution in [2.75, 3.05) is 26.3 Å². The van der Waals surface area contributed by atoms with E-state index in [0.717, 1.165) is 16.2 Å². The molecule has 0 saturated carbocycles. The number of thiophene rings is 1. The second-order valence-electron chi connectivity index (χ2n) is 6.57. The fourth-order valence-electron chi connectivity index (χ4n) is 2.45. The van der Waals surface area contributed by atoms with E-state index < -0.39 is 17.5 Å². The molecule has 8 heteroatoms. The molecular weight excluding hydrogens is 342 g/mol. The molecule has 7 nitrogen and oxygen atoms in total. The monoisotopic (exact) mass is 367 g/mol. The maximum absolute atomic E-state index is 12.6. The Labute approximate surface area is 151 Å². The molecule has 0 aliphatic carbocycles. The molecule has 0 radical (unpaired) electrons. The zero-order chi connectivity index (χ0) is 18.4. The van der Waals surface area contributed by atoms with Crippen molar-refractivity contribution >= 4 is 29.2 Å². The number of ether oxygens (including phenoxy) is 1. The minimum absolute atomic E-state index is 0.294. The van der Waals surface area contributed by atoms with Crippen LogP contribution in [-0.4, -0.2) is 49.0 Å². The van der Waals surface area contributed by atoms with Gasteiger partial charge in [0.2, 0.25) is 5.91 Å². The molecule has 138 valence electrons. The summed E-state index contributed by atoms with van der Waals surface area (Å²) < 4.78 is 5.42. The number of rotatable bonds is 9. The maximum Gasteiger partial charge on any atom is 0.325 e. The SMILES string of the molecule is CC(C)CCOCCNC(=O)CN1C(=O)N[C@@](C)(c2cccs2)C1=O. The van der Waals surface area contributed by atoms with Gasteiger partial charge in [0.25, 0.3) is 5.91 Å². The van der Waals surface area contributed by atoms with Crippen LogP contribution in [0, 0.1) is 5.92 Å². The first-order chi connectivity index (χ1) is 11.8. The molecule has 1 aromatic rings. The normalized spacial score (nSPS) is 20.2. The summed E-state index contributed by atoms with van der Waals surface area (Å²) in [6.45, 7) is 7.01. The van der Waals surface area contributed by atoms with E-state index in [2.05, 4.69) is 24.5 Å². The van der Waals surface area contributed by atoms with Crippen molar-refractivity contribution < 1.29 is 19.1 Å². The van der Waals surface area contributed by atoms with E-state index in [-0.39, 0.29) is 12.5 Å². The van der Waals surface area contributed by atoms with Crippen LogP contribution in [0.1, 0.15) is 32.1 Å². The van der Waals surface area contributed by atoms with Crippen LogP contribution >= 0.6 is 11.3 Å². The molecule has 1 saturated heterocycles. The van der Waals surface area contributed by atoms with Crippen molar-refractivity contribution in [2.45, 2.75) is 32.7 Å². The van der Waals surface area contributed by atoms with Gasteiger partial charge in [-0.3, -0.25) is 14.5 Å². The molecule has 2 N–H and O–H groups in total. The van der Waals surface area contributed by atoms with Crippen LogP contribution in [0.2, 0.25) is 0 Å². The molecule has 2 heterocycles. The molecule has 1 aromatic heterocycles. The lowest BCUT2D eigenvalue weighted by atomic mass is 10.0. The van der Waals surface area contributed by atoms with Gasteiger partial charge in [-0.15, -0.1) is 11.3 Å². The third kappa shape index (κ3) is 4.79. The molecule has 1 fully saturated rings. The Morgan fingerprint density at radius 1 is 1.40 bits per heavy atom. The number of nitrogens with one attached hydrogen (secondary N) is 2. The third-order valence-electron chi connectivity index (χ3n) is 4.00. The number of nitrogens with zero attached hydrogens (tertiary/aromatic N) is 1. The van der Waals surface area contributed by atoms with Gasteiger partial charge in [0.15, 0.2) is 5.54 Å². The predicted molar refractivity (Wildman–Crippen MR) is 95.2 cm³/mol. The lowest BCUT2D eigenvalue weighted by Crippen LogP contribution is -2.43. The second-order valence-corrected chi connectivity index (χ2v) is 7.52. The zero-order valence-corrected chi connectivity index (χ0v) is 15.6. The van der Waals surface area contributed by atoms with Crippen LogP contribution in [0.25, 0.3) is 0 Å². The van der Waals surface area contributed by atoms with Crippen molar-refractivity contribution in [3.05, 3.63) is 22.4 Å². The molecule has 4 amide bonds. The molecule has 0 aromatic carbocycles. The molecule has 2 rings (SSSR count). The van der Waals surface area contributed by atoms with E-state index in [1.807, 2.05) is 11.4 Å². The first-order valence-corrected chi connectivity index (χ1v) is 9.25. The van der Waals surface area contributed by atoms with Gasteiger partial charge >= 0.3 is 6.03 Å². The minimum atomic E-state index is -1.11. The molecule has 0 bridgehead atoms. The van der Waals surface area contributed by atoms with Crippen LogP contribution in [0.3, 0.4) is 0 Å². The Bertz CT molecular complexity index is 617. The first-order valence-electron chi connectivity index (χ1n) is 8.37. The van der Waals surface area contributed by atoms with Crippen molar-refractivity contribution in [2.24, 2.45) is 5.92 Å². The molecule has 1 aliphatic heterocycles. The largest absolute Gasteiger partial charge is 0.380 e. The highest BCUT2D eigenvalue weighted by Gasteiger charge is 2.50. The summed E-state index contributed by atoms with van der Waals surface area (Å²) in [5.41, 5.74) is -1.11. The van der Waals surface area contributed by atoms with E-state index in [1.54, 1.807) is 13.0 Å². The summed E-state index contributed by atoms with van der Waals surface area (Å²) in [6, 6.07) is 3.06. The standard InChI is InChI=1S/C17H25N3O4S/c1-12(2)6-8-24-9-7-18-14(21)11-20-15(22)17(3,19-16(20)23)13-5-4-10-25-13/h4-5,10,12H,6-9,11H2,1-3H3,(H,18,21)(H,19,23)/t17-/m0/s1. The minimum Gasteiger partial charge on any atom is -0.380 e. The Hall–Kier alpha value is -1.93. The number of carbonyl (C=O) groups excluding carboxylic acids is 3. The summed E-state index contributed by atoms with van der Waals surface area (Å²) in [4.78, 5) is 38.4. The lowest BCUT2D eigenvalue weighted by molar-refractivity contribution is -0.134. The summed E-state index contributed by atoms with van der Waals surface area (Å²) in [5, 5.41) is 7.18. The molecule has 25 heavy (non-hydrogen) atoms. The number of carbonyl (C=O) groups is 3. The van der Waals surface area contributed by atoms with Crippen LogP contribution in [0.5, 0.6) is 0 Å². The maximum atomic E-state index is 12.6. The lowest BCUT2D eigenvalue weighted by Gasteiger charge is -2.19. The second kappa shape index (κ2) is 8.44. The third-order valence-corrected chi connectivity index (χ3v) is 5.09. The average Bonchev–Trinajstić information content (AvgIpc) is 3.15. The summed E-state index contributed by atoms with van der Waals surface area (Å²) in [5.74, 6) is -0.221. The van der Waals surface area contributed by atoms with E-state index in [9.17, 15) is 14.4 Å². The Kier molecular flexibility index (Phi) is 6.55. The van der Waals surface area contributed by atoms with Gasteiger partial charge in [-0.1, -0.05) is 19.9 Å². The first kappa shape index (κ1) is 19.4. The zero-order valence-electron chi connectivity index (χ0n) is 14.8. The molecule has 0 unspecified atom stereocenters. The Balaban J connectivity index is 1.79. The van der Waals surface area contributed by atoms with Gasteiger partial charge in [0.05, 0.1) is 6.61 Å². The van der Waals surface area contributed by atoms with Crippen LogP contribution < -0.4 is 10.6 Å². The van der Waals surface area contributed by atoms with Gasteiger partial charge < -0.3 is 15.4 Å². The topological polar surface area (TPSA) is 87.7 Å². The van der Waals surface area contributed by atoms with Crippen LogP contribution in [0.15, 0.2) is 17.5 Å². The fraction of sp³-hybridized carbons (Fsp3) is 0.588. The summed E-state index contributed by atoms with van der Waals surface area (Å²) in [6.07, 6.45) is 0.970. The predicted octanol–water partition coefficient (Wildman–Crippen LogP) is 1.69. The van der Waals surface area contributed by atoms with Gasteiger partial charge in [-0.25, -0.2) is 4.79 Å². The van der Waals surface area contributed by atoms with Crippen molar-refractivity contribution in [3.63, 3.8) is 0 Å². The van der Waals surface area contributed by atoms with Gasteiger partial charge in [0.1, 0.15) is 6.54 Å². The number of hydrogen-bond donors (Lipinski definition) is 2. The van der Waals surface area contributed by atoms with Crippen LogP contribution in [0.4, 0.5) is 4.79 Å². The van der Waals surface area contributed by atoms with E-state index in [0.29, 0.717) is 25.7 Å². The molecular formula is C17H25N3O4S. The highest BCUT2D eigenvalue weighted by molar-refractivity contribution is 7.10. The van der Waals surface area contributed by atoms with E-state index in [1.165, 1.54) is 11.3 Å². The number of imide groups is 1. The van der Waals surface area contributed by atoms with Crippen molar-refractivity contribution in [3.8, 4) is 0 Å². The molecule has 1 aliphatic rings. The van der Waals surface area contributed by atoms with Crippen molar-refractivity contribution in [1.82, 2.24) is 15.5 Å². The fourth-order valence-corrected chi connectivity index (χ4v) is 3.29. The quantitative estimate of drug-likeness (QED) is 0.514.